The first-order chi connectivity index (χ1) is 8.70. The fraction of sp³-hybridized carbons (Fsp3) is 0.143. The van der Waals surface area contributed by atoms with Crippen LogP contribution in [0.5, 0.6) is 11.5 Å². The van der Waals surface area contributed by atoms with E-state index in [0.29, 0.717) is 11.0 Å². The van der Waals surface area contributed by atoms with Crippen LogP contribution in [0.3, 0.4) is 0 Å². The predicted octanol–water partition coefficient (Wildman–Crippen LogP) is 3.78. The molecule has 2 aromatic carbocycles. The minimum absolute atomic E-state index is 0.276. The Balaban J connectivity index is 2.04. The van der Waals surface area contributed by atoms with Gasteiger partial charge in [0.1, 0.15) is 11.5 Å². The molecule has 0 aliphatic carbocycles. The zero-order chi connectivity index (χ0) is 13.0. The van der Waals surface area contributed by atoms with Crippen LogP contribution in [0.2, 0.25) is 0 Å². The molecule has 2 rings (SSSR count). The molecule has 0 atom stereocenters. The summed E-state index contributed by atoms with van der Waals surface area (Å²) in [5, 5.41) is 13.1. The van der Waals surface area contributed by atoms with Gasteiger partial charge in [-0.1, -0.05) is 12.1 Å². The maximum atomic E-state index is 9.85. The van der Waals surface area contributed by atoms with Crippen molar-refractivity contribution in [1.82, 2.24) is 0 Å². The second-order valence-electron chi connectivity index (χ2n) is 3.83. The highest BCUT2D eigenvalue weighted by molar-refractivity contribution is 9.10. The molecule has 0 spiro atoms. The number of phenolic OH excluding ortho intramolecular Hbond substituents is 1. The van der Waals surface area contributed by atoms with Crippen LogP contribution in [0.15, 0.2) is 46.9 Å². The Hall–Kier alpha value is -1.68. The standard InChI is InChI=1S/C14H14BrNO2/c1-18-12-7-5-11(6-8-12)16-9-10-3-2-4-13(15)14(10)17/h2-8,16-17H,9H2,1H3. The first kappa shape index (κ1) is 12.8. The number of phenols is 1. The molecular formula is C14H14BrNO2. The van der Waals surface area contributed by atoms with Gasteiger partial charge < -0.3 is 15.2 Å². The zero-order valence-corrected chi connectivity index (χ0v) is 11.6. The van der Waals surface area contributed by atoms with Gasteiger partial charge in [-0.25, -0.2) is 0 Å². The highest BCUT2D eigenvalue weighted by Crippen LogP contribution is 2.28. The third-order valence-electron chi connectivity index (χ3n) is 2.64. The molecule has 2 N–H and O–H groups in total. The van der Waals surface area contributed by atoms with Gasteiger partial charge >= 0.3 is 0 Å². The van der Waals surface area contributed by atoms with Gasteiger partial charge in [-0.15, -0.1) is 0 Å². The highest BCUT2D eigenvalue weighted by atomic mass is 79.9. The molecule has 0 saturated carbocycles. The van der Waals surface area contributed by atoms with E-state index in [9.17, 15) is 5.11 Å². The molecule has 0 aromatic heterocycles. The van der Waals surface area contributed by atoms with E-state index in [-0.39, 0.29) is 5.75 Å². The van der Waals surface area contributed by atoms with Gasteiger partial charge in [0.05, 0.1) is 11.6 Å². The first-order valence-corrected chi connectivity index (χ1v) is 6.34. The lowest BCUT2D eigenvalue weighted by Gasteiger charge is -2.09. The molecule has 0 aliphatic heterocycles. The molecule has 94 valence electrons. The Kier molecular flexibility index (Phi) is 4.10. The van der Waals surface area contributed by atoms with Crippen LogP contribution in [0.25, 0.3) is 0 Å². The summed E-state index contributed by atoms with van der Waals surface area (Å²) in [5.74, 6) is 1.10. The first-order valence-electron chi connectivity index (χ1n) is 5.55. The lowest BCUT2D eigenvalue weighted by atomic mass is 10.2. The zero-order valence-electron chi connectivity index (χ0n) is 9.98. The average Bonchev–Trinajstić information content (AvgIpc) is 2.41. The monoisotopic (exact) mass is 307 g/mol. The molecule has 0 unspecified atom stereocenters. The summed E-state index contributed by atoms with van der Waals surface area (Å²) in [6, 6.07) is 13.3. The lowest BCUT2D eigenvalue weighted by molar-refractivity contribution is 0.415. The number of hydrogen-bond donors (Lipinski definition) is 2. The normalized spacial score (nSPS) is 10.1. The Bertz CT molecular complexity index is 526. The number of para-hydroxylation sites is 1. The minimum Gasteiger partial charge on any atom is -0.506 e. The van der Waals surface area contributed by atoms with Crippen molar-refractivity contribution in [2.24, 2.45) is 0 Å². The quantitative estimate of drug-likeness (QED) is 0.903. The molecule has 0 fully saturated rings. The summed E-state index contributed by atoms with van der Waals surface area (Å²) in [5.41, 5.74) is 1.83. The van der Waals surface area contributed by atoms with Crippen LogP contribution < -0.4 is 10.1 Å². The van der Waals surface area contributed by atoms with Crippen LogP contribution in [0, 0.1) is 0 Å². The fourth-order valence-electron chi connectivity index (χ4n) is 1.61. The van der Waals surface area contributed by atoms with Crippen LogP contribution in [0.1, 0.15) is 5.56 Å². The molecule has 0 saturated heterocycles. The molecule has 0 aliphatic rings. The molecule has 0 bridgehead atoms. The van der Waals surface area contributed by atoms with Crippen LogP contribution in [-0.2, 0) is 6.54 Å². The van der Waals surface area contributed by atoms with E-state index in [4.69, 9.17) is 4.74 Å². The maximum Gasteiger partial charge on any atom is 0.134 e. The Morgan fingerprint density at radius 1 is 1.17 bits per heavy atom. The highest BCUT2D eigenvalue weighted by Gasteiger charge is 2.04. The minimum atomic E-state index is 0.276. The van der Waals surface area contributed by atoms with E-state index < -0.39 is 0 Å². The second-order valence-corrected chi connectivity index (χ2v) is 4.68. The summed E-state index contributed by atoms with van der Waals surface area (Å²) in [4.78, 5) is 0. The Morgan fingerprint density at radius 2 is 1.89 bits per heavy atom. The van der Waals surface area contributed by atoms with E-state index in [1.807, 2.05) is 42.5 Å². The third kappa shape index (κ3) is 2.96. The summed E-state index contributed by atoms with van der Waals surface area (Å²) in [6.07, 6.45) is 0. The molecule has 0 radical (unpaired) electrons. The van der Waals surface area contributed by atoms with Gasteiger partial charge in [-0.05, 0) is 46.3 Å². The number of aromatic hydroxyl groups is 1. The number of halogens is 1. The maximum absolute atomic E-state index is 9.85. The molecule has 0 heterocycles. The molecule has 3 nitrogen and oxygen atoms in total. The number of nitrogens with one attached hydrogen (secondary N) is 1. The van der Waals surface area contributed by atoms with Crippen LogP contribution in [-0.4, -0.2) is 12.2 Å². The van der Waals surface area contributed by atoms with E-state index in [1.54, 1.807) is 7.11 Å². The third-order valence-corrected chi connectivity index (χ3v) is 3.28. The average molecular weight is 308 g/mol. The van der Waals surface area contributed by atoms with Crippen molar-refractivity contribution in [3.63, 3.8) is 0 Å². The molecule has 2 aromatic rings. The van der Waals surface area contributed by atoms with Gasteiger partial charge in [0.2, 0.25) is 0 Å². The number of methoxy groups -OCH3 is 1. The summed E-state index contributed by atoms with van der Waals surface area (Å²) in [7, 11) is 1.64. The molecule has 18 heavy (non-hydrogen) atoms. The van der Waals surface area contributed by atoms with Gasteiger partial charge in [0.15, 0.2) is 0 Å². The van der Waals surface area contributed by atoms with Crippen molar-refractivity contribution in [2.45, 2.75) is 6.54 Å². The number of rotatable bonds is 4. The number of anilines is 1. The van der Waals surface area contributed by atoms with Crippen molar-refractivity contribution < 1.29 is 9.84 Å². The molecule has 4 heteroatoms. The largest absolute Gasteiger partial charge is 0.506 e. The van der Waals surface area contributed by atoms with Crippen LogP contribution >= 0.6 is 15.9 Å². The Morgan fingerprint density at radius 3 is 2.56 bits per heavy atom. The van der Waals surface area contributed by atoms with Crippen molar-refractivity contribution in [3.8, 4) is 11.5 Å². The fourth-order valence-corrected chi connectivity index (χ4v) is 2.02. The predicted molar refractivity (Wildman–Crippen MR) is 76.1 cm³/mol. The Labute approximate surface area is 115 Å². The van der Waals surface area contributed by atoms with Gasteiger partial charge in [-0.3, -0.25) is 0 Å². The van der Waals surface area contributed by atoms with Gasteiger partial charge in [0, 0.05) is 17.8 Å². The topological polar surface area (TPSA) is 41.5 Å². The lowest BCUT2D eigenvalue weighted by Crippen LogP contribution is -1.99. The van der Waals surface area contributed by atoms with E-state index in [2.05, 4.69) is 21.2 Å². The molecular weight excluding hydrogens is 294 g/mol. The van der Waals surface area contributed by atoms with Gasteiger partial charge in [-0.2, -0.15) is 0 Å². The van der Waals surface area contributed by atoms with E-state index in [0.717, 1.165) is 17.0 Å². The smallest absolute Gasteiger partial charge is 0.134 e. The van der Waals surface area contributed by atoms with Crippen molar-refractivity contribution in [1.29, 1.82) is 0 Å². The summed E-state index contributed by atoms with van der Waals surface area (Å²) < 4.78 is 5.80. The second kappa shape index (κ2) is 5.78. The summed E-state index contributed by atoms with van der Waals surface area (Å²) in [6.45, 7) is 0.567. The van der Waals surface area contributed by atoms with Crippen molar-refractivity contribution >= 4 is 21.6 Å². The van der Waals surface area contributed by atoms with Crippen molar-refractivity contribution in [2.75, 3.05) is 12.4 Å². The van der Waals surface area contributed by atoms with E-state index in [1.165, 1.54) is 0 Å². The van der Waals surface area contributed by atoms with Crippen LogP contribution in [0.4, 0.5) is 5.69 Å². The van der Waals surface area contributed by atoms with Gasteiger partial charge in [0.25, 0.3) is 0 Å². The summed E-state index contributed by atoms with van der Waals surface area (Å²) >= 11 is 3.30. The molecule has 0 amide bonds. The number of hydrogen-bond acceptors (Lipinski definition) is 3. The van der Waals surface area contributed by atoms with Crippen molar-refractivity contribution in [3.05, 3.63) is 52.5 Å². The SMILES string of the molecule is COc1ccc(NCc2cccc(Br)c2O)cc1. The van der Waals surface area contributed by atoms with E-state index >= 15 is 0 Å². The number of benzene rings is 2. The number of ether oxygens (including phenoxy) is 1.